The van der Waals surface area contributed by atoms with Crippen LogP contribution in [0.25, 0.3) is 6.08 Å². The maximum atomic E-state index is 13.2. The zero-order chi connectivity index (χ0) is 16.8. The summed E-state index contributed by atoms with van der Waals surface area (Å²) in [6.07, 6.45) is 2.98. The number of nitrogens with one attached hydrogen (secondary N) is 2. The van der Waals surface area contributed by atoms with Gasteiger partial charge in [-0.1, -0.05) is 18.2 Å². The number of anilines is 1. The van der Waals surface area contributed by atoms with E-state index < -0.39 is 5.82 Å². The summed E-state index contributed by atoms with van der Waals surface area (Å²) in [5, 5.41) is 5.17. The second-order valence-electron chi connectivity index (χ2n) is 4.98. The SMILES string of the molecule is CNC(=O)c1ccc(/C=C/C(=O)Nc2cc(F)ccc2C)cc1. The molecule has 5 heteroatoms. The summed E-state index contributed by atoms with van der Waals surface area (Å²) in [6.45, 7) is 1.79. The van der Waals surface area contributed by atoms with Gasteiger partial charge >= 0.3 is 0 Å². The molecule has 2 N–H and O–H groups in total. The third-order valence-electron chi connectivity index (χ3n) is 3.28. The molecule has 0 bridgehead atoms. The predicted octanol–water partition coefficient (Wildman–Crippen LogP) is 3.15. The van der Waals surface area contributed by atoms with E-state index in [9.17, 15) is 14.0 Å². The lowest BCUT2D eigenvalue weighted by Gasteiger charge is -2.06. The van der Waals surface area contributed by atoms with Crippen LogP contribution in [0, 0.1) is 12.7 Å². The fraction of sp³-hybridized carbons (Fsp3) is 0.111. The smallest absolute Gasteiger partial charge is 0.251 e. The summed E-state index contributed by atoms with van der Waals surface area (Å²) in [5.74, 6) is -0.923. The molecule has 4 nitrogen and oxygen atoms in total. The normalized spacial score (nSPS) is 10.6. The minimum atomic E-state index is -0.403. The zero-order valence-corrected chi connectivity index (χ0v) is 12.9. The molecule has 2 aromatic carbocycles. The Labute approximate surface area is 134 Å². The van der Waals surface area contributed by atoms with Crippen LogP contribution in [0.1, 0.15) is 21.5 Å². The average molecular weight is 312 g/mol. The van der Waals surface area contributed by atoms with Crippen molar-refractivity contribution >= 4 is 23.6 Å². The fourth-order valence-electron chi connectivity index (χ4n) is 1.97. The van der Waals surface area contributed by atoms with E-state index in [0.29, 0.717) is 11.3 Å². The maximum absolute atomic E-state index is 13.2. The second kappa shape index (κ2) is 7.35. The molecule has 0 saturated heterocycles. The van der Waals surface area contributed by atoms with Crippen molar-refractivity contribution in [2.45, 2.75) is 6.92 Å². The highest BCUT2D eigenvalue weighted by Crippen LogP contribution is 2.16. The Hall–Kier alpha value is -2.95. The van der Waals surface area contributed by atoms with Crippen molar-refractivity contribution in [1.82, 2.24) is 5.32 Å². The third kappa shape index (κ3) is 4.51. The summed E-state index contributed by atoms with van der Waals surface area (Å²) < 4.78 is 13.2. The van der Waals surface area contributed by atoms with Crippen molar-refractivity contribution in [2.24, 2.45) is 0 Å². The van der Waals surface area contributed by atoms with Gasteiger partial charge in [0.05, 0.1) is 0 Å². The van der Waals surface area contributed by atoms with E-state index in [1.807, 2.05) is 0 Å². The van der Waals surface area contributed by atoms with Crippen LogP contribution >= 0.6 is 0 Å². The first-order valence-corrected chi connectivity index (χ1v) is 7.07. The Bertz CT molecular complexity index is 752. The highest BCUT2D eigenvalue weighted by molar-refractivity contribution is 6.02. The van der Waals surface area contributed by atoms with E-state index in [2.05, 4.69) is 10.6 Å². The zero-order valence-electron chi connectivity index (χ0n) is 12.9. The molecule has 0 fully saturated rings. The molecule has 2 rings (SSSR count). The molecule has 0 heterocycles. The molecular weight excluding hydrogens is 295 g/mol. The molecule has 0 spiro atoms. The monoisotopic (exact) mass is 312 g/mol. The first-order chi connectivity index (χ1) is 11.0. The molecule has 2 amide bonds. The Kier molecular flexibility index (Phi) is 5.25. The molecule has 0 aliphatic rings. The van der Waals surface area contributed by atoms with Crippen LogP contribution in [0.15, 0.2) is 48.5 Å². The van der Waals surface area contributed by atoms with Gasteiger partial charge in [0.2, 0.25) is 5.91 Å². The molecule has 2 aromatic rings. The molecule has 0 aliphatic heterocycles. The van der Waals surface area contributed by atoms with E-state index in [1.165, 1.54) is 18.2 Å². The van der Waals surface area contributed by atoms with Crippen LogP contribution in [0.5, 0.6) is 0 Å². The highest BCUT2D eigenvalue weighted by atomic mass is 19.1. The highest BCUT2D eigenvalue weighted by Gasteiger charge is 2.04. The van der Waals surface area contributed by atoms with Crippen molar-refractivity contribution in [3.63, 3.8) is 0 Å². The van der Waals surface area contributed by atoms with Gasteiger partial charge in [-0.05, 0) is 48.4 Å². The number of carbonyl (C=O) groups is 2. The molecular formula is C18H17FN2O2. The third-order valence-corrected chi connectivity index (χ3v) is 3.28. The lowest BCUT2D eigenvalue weighted by Crippen LogP contribution is -2.17. The molecule has 0 aromatic heterocycles. The van der Waals surface area contributed by atoms with Gasteiger partial charge in [0.1, 0.15) is 5.82 Å². The summed E-state index contributed by atoms with van der Waals surface area (Å²) >= 11 is 0. The first-order valence-electron chi connectivity index (χ1n) is 7.07. The van der Waals surface area contributed by atoms with Gasteiger partial charge in [0.15, 0.2) is 0 Å². The number of amides is 2. The van der Waals surface area contributed by atoms with Crippen LogP contribution in [0.3, 0.4) is 0 Å². The van der Waals surface area contributed by atoms with Crippen LogP contribution in [-0.4, -0.2) is 18.9 Å². The van der Waals surface area contributed by atoms with E-state index in [-0.39, 0.29) is 11.8 Å². The van der Waals surface area contributed by atoms with Crippen molar-refractivity contribution in [3.8, 4) is 0 Å². The van der Waals surface area contributed by atoms with Gasteiger partial charge < -0.3 is 10.6 Å². The Morgan fingerprint density at radius 3 is 2.43 bits per heavy atom. The van der Waals surface area contributed by atoms with Crippen LogP contribution in [0.4, 0.5) is 10.1 Å². The maximum Gasteiger partial charge on any atom is 0.251 e. The molecule has 23 heavy (non-hydrogen) atoms. The Morgan fingerprint density at radius 1 is 1.09 bits per heavy atom. The molecule has 0 unspecified atom stereocenters. The largest absolute Gasteiger partial charge is 0.355 e. The van der Waals surface area contributed by atoms with Gasteiger partial charge in [-0.25, -0.2) is 4.39 Å². The number of hydrogen-bond acceptors (Lipinski definition) is 2. The lowest BCUT2D eigenvalue weighted by atomic mass is 10.1. The molecule has 118 valence electrons. The molecule has 0 radical (unpaired) electrons. The predicted molar refractivity (Wildman–Crippen MR) is 88.6 cm³/mol. The quantitative estimate of drug-likeness (QED) is 0.852. The van der Waals surface area contributed by atoms with Crippen LogP contribution < -0.4 is 10.6 Å². The van der Waals surface area contributed by atoms with E-state index in [4.69, 9.17) is 0 Å². The topological polar surface area (TPSA) is 58.2 Å². The molecule has 0 atom stereocenters. The first kappa shape index (κ1) is 16.4. The van der Waals surface area contributed by atoms with Crippen molar-refractivity contribution < 1.29 is 14.0 Å². The number of hydrogen-bond donors (Lipinski definition) is 2. The average Bonchev–Trinajstić information content (AvgIpc) is 2.56. The summed E-state index contributed by atoms with van der Waals surface area (Å²) in [7, 11) is 1.56. The van der Waals surface area contributed by atoms with Gasteiger partial charge in [-0.15, -0.1) is 0 Å². The molecule has 0 saturated carbocycles. The van der Waals surface area contributed by atoms with Crippen molar-refractivity contribution in [3.05, 3.63) is 71.0 Å². The van der Waals surface area contributed by atoms with Crippen LogP contribution in [-0.2, 0) is 4.79 Å². The summed E-state index contributed by atoms with van der Waals surface area (Å²) in [6, 6.07) is 11.0. The molecule has 0 aliphatic carbocycles. The Morgan fingerprint density at radius 2 is 1.78 bits per heavy atom. The van der Waals surface area contributed by atoms with Gasteiger partial charge in [0, 0.05) is 24.4 Å². The summed E-state index contributed by atoms with van der Waals surface area (Å²) in [5.41, 5.74) is 2.55. The van der Waals surface area contributed by atoms with Gasteiger partial charge in [-0.3, -0.25) is 9.59 Å². The number of aryl methyl sites for hydroxylation is 1. The van der Waals surface area contributed by atoms with Crippen LogP contribution in [0.2, 0.25) is 0 Å². The number of carbonyl (C=O) groups excluding carboxylic acids is 2. The second-order valence-corrected chi connectivity index (χ2v) is 4.98. The minimum Gasteiger partial charge on any atom is -0.355 e. The number of rotatable bonds is 4. The number of benzene rings is 2. The lowest BCUT2D eigenvalue weighted by molar-refractivity contribution is -0.111. The van der Waals surface area contributed by atoms with Gasteiger partial charge in [-0.2, -0.15) is 0 Å². The minimum absolute atomic E-state index is 0.167. The van der Waals surface area contributed by atoms with Crippen molar-refractivity contribution in [1.29, 1.82) is 0 Å². The van der Waals surface area contributed by atoms with E-state index in [1.54, 1.807) is 50.4 Å². The number of halogens is 1. The van der Waals surface area contributed by atoms with Crippen molar-refractivity contribution in [2.75, 3.05) is 12.4 Å². The van der Waals surface area contributed by atoms with E-state index in [0.717, 1.165) is 11.1 Å². The summed E-state index contributed by atoms with van der Waals surface area (Å²) in [4.78, 5) is 23.3. The van der Waals surface area contributed by atoms with E-state index >= 15 is 0 Å². The standard InChI is InChI=1S/C18H17FN2O2/c1-12-3-9-15(19)11-16(12)21-17(22)10-6-13-4-7-14(8-5-13)18(23)20-2/h3-11H,1-2H3,(H,20,23)(H,21,22)/b10-6+. The Balaban J connectivity index is 2.03. The van der Waals surface area contributed by atoms with Gasteiger partial charge in [0.25, 0.3) is 5.91 Å². The fourth-order valence-corrected chi connectivity index (χ4v) is 1.97.